The SMILES string of the molecule is CCc1ccc(N2CC(C(=O)N3CCN(C4CCCC4)CC3)CC2=O)cc1. The van der Waals surface area contributed by atoms with Crippen molar-refractivity contribution >= 4 is 17.5 Å². The fourth-order valence-corrected chi connectivity index (χ4v) is 4.87. The summed E-state index contributed by atoms with van der Waals surface area (Å²) in [7, 11) is 0. The zero-order chi connectivity index (χ0) is 18.8. The molecule has 3 fully saturated rings. The maximum Gasteiger partial charge on any atom is 0.228 e. The highest BCUT2D eigenvalue weighted by molar-refractivity contribution is 6.00. The van der Waals surface area contributed by atoms with Crippen LogP contribution in [0.3, 0.4) is 0 Å². The molecular weight excluding hydrogens is 338 g/mol. The van der Waals surface area contributed by atoms with Gasteiger partial charge in [-0.1, -0.05) is 31.9 Å². The minimum atomic E-state index is -0.193. The lowest BCUT2D eigenvalue weighted by Gasteiger charge is -2.38. The second-order valence-corrected chi connectivity index (χ2v) is 8.22. The van der Waals surface area contributed by atoms with E-state index in [1.54, 1.807) is 4.90 Å². The van der Waals surface area contributed by atoms with E-state index in [1.807, 2.05) is 17.0 Å². The highest BCUT2D eigenvalue weighted by Crippen LogP contribution is 2.28. The van der Waals surface area contributed by atoms with E-state index in [1.165, 1.54) is 31.2 Å². The summed E-state index contributed by atoms with van der Waals surface area (Å²) in [5.41, 5.74) is 2.18. The first kappa shape index (κ1) is 18.5. The fourth-order valence-electron chi connectivity index (χ4n) is 4.87. The maximum atomic E-state index is 13.0. The van der Waals surface area contributed by atoms with E-state index in [9.17, 15) is 9.59 Å². The standard InChI is InChI=1S/C22H31N3O2/c1-2-17-7-9-20(10-8-17)25-16-18(15-21(25)26)22(27)24-13-11-23(12-14-24)19-5-3-4-6-19/h7-10,18-19H,2-6,11-16H2,1H3. The van der Waals surface area contributed by atoms with Crippen molar-refractivity contribution in [3.63, 3.8) is 0 Å². The average molecular weight is 370 g/mol. The smallest absolute Gasteiger partial charge is 0.228 e. The van der Waals surface area contributed by atoms with Crippen LogP contribution in [0.25, 0.3) is 0 Å². The molecule has 27 heavy (non-hydrogen) atoms. The summed E-state index contributed by atoms with van der Waals surface area (Å²) in [4.78, 5) is 31.8. The lowest BCUT2D eigenvalue weighted by Crippen LogP contribution is -2.52. The first-order valence-electron chi connectivity index (χ1n) is 10.6. The quantitative estimate of drug-likeness (QED) is 0.820. The summed E-state index contributed by atoms with van der Waals surface area (Å²) >= 11 is 0. The third-order valence-corrected chi connectivity index (χ3v) is 6.60. The minimum Gasteiger partial charge on any atom is -0.340 e. The topological polar surface area (TPSA) is 43.9 Å². The molecule has 1 aromatic rings. The molecule has 2 heterocycles. The Hall–Kier alpha value is -1.88. The Bertz CT molecular complexity index is 673. The van der Waals surface area contributed by atoms with Crippen molar-refractivity contribution in [3.8, 4) is 0 Å². The van der Waals surface area contributed by atoms with Gasteiger partial charge >= 0.3 is 0 Å². The molecular formula is C22H31N3O2. The van der Waals surface area contributed by atoms with Gasteiger partial charge in [-0.3, -0.25) is 14.5 Å². The maximum absolute atomic E-state index is 13.0. The molecule has 2 amide bonds. The van der Waals surface area contributed by atoms with Crippen molar-refractivity contribution < 1.29 is 9.59 Å². The summed E-state index contributed by atoms with van der Waals surface area (Å²) in [6.45, 7) is 6.23. The van der Waals surface area contributed by atoms with Crippen LogP contribution in [0.4, 0.5) is 5.69 Å². The van der Waals surface area contributed by atoms with Gasteiger partial charge in [0.15, 0.2) is 0 Å². The molecule has 146 valence electrons. The van der Waals surface area contributed by atoms with Crippen LogP contribution < -0.4 is 4.90 Å². The van der Waals surface area contributed by atoms with Crippen LogP contribution >= 0.6 is 0 Å². The second-order valence-electron chi connectivity index (χ2n) is 8.22. The zero-order valence-electron chi connectivity index (χ0n) is 16.4. The van der Waals surface area contributed by atoms with Crippen LogP contribution in [-0.4, -0.2) is 60.4 Å². The van der Waals surface area contributed by atoms with Gasteiger partial charge in [-0.05, 0) is 37.0 Å². The summed E-state index contributed by atoms with van der Waals surface area (Å²) in [6.07, 6.45) is 6.67. The van der Waals surface area contributed by atoms with Crippen LogP contribution in [0.15, 0.2) is 24.3 Å². The van der Waals surface area contributed by atoms with Gasteiger partial charge in [0.05, 0.1) is 5.92 Å². The Morgan fingerprint density at radius 2 is 1.70 bits per heavy atom. The van der Waals surface area contributed by atoms with Crippen LogP contribution in [0, 0.1) is 5.92 Å². The van der Waals surface area contributed by atoms with E-state index in [-0.39, 0.29) is 17.7 Å². The van der Waals surface area contributed by atoms with Crippen molar-refractivity contribution in [1.29, 1.82) is 0 Å². The summed E-state index contributed by atoms with van der Waals surface area (Å²) in [5.74, 6) is 0.0469. The van der Waals surface area contributed by atoms with E-state index in [4.69, 9.17) is 0 Å². The number of hydrogen-bond acceptors (Lipinski definition) is 3. The number of hydrogen-bond donors (Lipinski definition) is 0. The number of carbonyl (C=O) groups is 2. The Labute approximate surface area is 162 Å². The van der Waals surface area contributed by atoms with Gasteiger partial charge in [0.25, 0.3) is 0 Å². The monoisotopic (exact) mass is 369 g/mol. The summed E-state index contributed by atoms with van der Waals surface area (Å²) in [5, 5.41) is 0. The fraction of sp³-hybridized carbons (Fsp3) is 0.636. The van der Waals surface area contributed by atoms with Crippen molar-refractivity contribution in [2.75, 3.05) is 37.6 Å². The molecule has 1 saturated carbocycles. The number of carbonyl (C=O) groups excluding carboxylic acids is 2. The van der Waals surface area contributed by atoms with E-state index in [0.717, 1.165) is 44.3 Å². The molecule has 1 atom stereocenters. The Balaban J connectivity index is 1.33. The third kappa shape index (κ3) is 3.88. The van der Waals surface area contributed by atoms with Gasteiger partial charge in [0.1, 0.15) is 0 Å². The molecule has 0 bridgehead atoms. The van der Waals surface area contributed by atoms with Gasteiger partial charge in [-0.25, -0.2) is 0 Å². The number of anilines is 1. The molecule has 0 aromatic heterocycles. The molecule has 5 nitrogen and oxygen atoms in total. The first-order chi connectivity index (χ1) is 13.2. The lowest BCUT2D eigenvalue weighted by molar-refractivity contribution is -0.137. The van der Waals surface area contributed by atoms with Crippen molar-refractivity contribution in [3.05, 3.63) is 29.8 Å². The van der Waals surface area contributed by atoms with Crippen LogP contribution in [0.5, 0.6) is 0 Å². The number of piperazine rings is 1. The van der Waals surface area contributed by atoms with Crippen LogP contribution in [0.1, 0.15) is 44.6 Å². The number of nitrogens with zero attached hydrogens (tertiary/aromatic N) is 3. The lowest BCUT2D eigenvalue weighted by atomic mass is 10.1. The van der Waals surface area contributed by atoms with Crippen LogP contribution in [0.2, 0.25) is 0 Å². The van der Waals surface area contributed by atoms with Gasteiger partial charge in [0.2, 0.25) is 11.8 Å². The molecule has 2 aliphatic heterocycles. The normalized spacial score (nSPS) is 24.8. The van der Waals surface area contributed by atoms with Gasteiger partial charge in [-0.2, -0.15) is 0 Å². The second kappa shape index (κ2) is 8.01. The Kier molecular flexibility index (Phi) is 5.48. The van der Waals surface area contributed by atoms with Crippen molar-refractivity contribution in [2.45, 2.75) is 51.5 Å². The van der Waals surface area contributed by atoms with E-state index in [0.29, 0.717) is 13.0 Å². The minimum absolute atomic E-state index is 0.0715. The molecule has 5 heteroatoms. The largest absolute Gasteiger partial charge is 0.340 e. The van der Waals surface area contributed by atoms with Gasteiger partial charge < -0.3 is 9.80 Å². The predicted octanol–water partition coefficient (Wildman–Crippen LogP) is 2.69. The van der Waals surface area contributed by atoms with Crippen molar-refractivity contribution in [2.24, 2.45) is 5.92 Å². The summed E-state index contributed by atoms with van der Waals surface area (Å²) < 4.78 is 0. The van der Waals surface area contributed by atoms with Gasteiger partial charge in [0, 0.05) is 50.9 Å². The molecule has 0 N–H and O–H groups in total. The molecule has 0 radical (unpaired) electrons. The molecule has 0 spiro atoms. The summed E-state index contributed by atoms with van der Waals surface area (Å²) in [6, 6.07) is 8.88. The molecule has 1 unspecified atom stereocenters. The van der Waals surface area contributed by atoms with Crippen LogP contribution in [-0.2, 0) is 16.0 Å². The Morgan fingerprint density at radius 1 is 1.04 bits per heavy atom. The molecule has 1 aliphatic carbocycles. The molecule has 2 saturated heterocycles. The van der Waals surface area contributed by atoms with E-state index >= 15 is 0 Å². The number of rotatable bonds is 4. The molecule has 4 rings (SSSR count). The molecule has 1 aromatic carbocycles. The first-order valence-corrected chi connectivity index (χ1v) is 10.6. The third-order valence-electron chi connectivity index (χ3n) is 6.60. The average Bonchev–Trinajstić information content (AvgIpc) is 3.38. The van der Waals surface area contributed by atoms with E-state index in [2.05, 4.69) is 24.0 Å². The highest BCUT2D eigenvalue weighted by Gasteiger charge is 2.38. The van der Waals surface area contributed by atoms with E-state index < -0.39 is 0 Å². The Morgan fingerprint density at radius 3 is 2.33 bits per heavy atom. The highest BCUT2D eigenvalue weighted by atomic mass is 16.2. The zero-order valence-corrected chi connectivity index (χ0v) is 16.4. The number of amides is 2. The predicted molar refractivity (Wildman–Crippen MR) is 107 cm³/mol. The molecule has 3 aliphatic rings. The number of aryl methyl sites for hydroxylation is 1. The number of benzene rings is 1. The van der Waals surface area contributed by atoms with Crippen molar-refractivity contribution in [1.82, 2.24) is 9.80 Å². The van der Waals surface area contributed by atoms with Gasteiger partial charge in [-0.15, -0.1) is 0 Å².